The van der Waals surface area contributed by atoms with Crippen molar-refractivity contribution < 1.29 is 70.0 Å². The summed E-state index contributed by atoms with van der Waals surface area (Å²) in [5, 5.41) is 0. The van der Waals surface area contributed by atoms with E-state index in [9.17, 15) is 0 Å². The quantitative estimate of drug-likeness (QED) is 0.571. The van der Waals surface area contributed by atoms with Gasteiger partial charge in [0.2, 0.25) is 0 Å². The SMILES string of the molecule is CP=O.[Y].[Y].c1ccc([CH-]C[C-]2CC2)cc1. The molecule has 0 N–H and O–H groups in total. The molecule has 1 saturated carbocycles. The molecule has 0 saturated heterocycles. The molecule has 0 bridgehead atoms. The van der Waals surface area contributed by atoms with Crippen LogP contribution in [0, 0.1) is 12.3 Å². The summed E-state index contributed by atoms with van der Waals surface area (Å²) in [7, 11) is 0.167. The normalized spacial score (nSPS) is 12.6. The third-order valence-electron chi connectivity index (χ3n) is 2.03. The van der Waals surface area contributed by atoms with Crippen LogP contribution in [0.5, 0.6) is 0 Å². The van der Waals surface area contributed by atoms with E-state index in [1.54, 1.807) is 12.6 Å². The van der Waals surface area contributed by atoms with E-state index in [-0.39, 0.29) is 73.9 Å². The van der Waals surface area contributed by atoms with E-state index < -0.39 is 0 Å². The predicted molar refractivity (Wildman–Crippen MR) is 60.5 cm³/mol. The molecule has 0 aromatic heterocycles. The number of benzene rings is 1. The topological polar surface area (TPSA) is 17.1 Å². The van der Waals surface area contributed by atoms with Gasteiger partial charge in [0.05, 0.1) is 0 Å². The van der Waals surface area contributed by atoms with Crippen LogP contribution >= 0.6 is 8.46 Å². The third kappa shape index (κ3) is 10.5. The molecule has 1 aliphatic rings. The smallest absolute Gasteiger partial charge is 0.151 e. The Bertz CT molecular complexity index is 263. The maximum atomic E-state index is 8.90. The summed E-state index contributed by atoms with van der Waals surface area (Å²) in [5.74, 6) is 1.70. The summed E-state index contributed by atoms with van der Waals surface area (Å²) in [6, 6.07) is 10.5. The van der Waals surface area contributed by atoms with E-state index >= 15 is 0 Å². The van der Waals surface area contributed by atoms with Gasteiger partial charge in [-0.3, -0.25) is 4.57 Å². The fourth-order valence-electron chi connectivity index (χ4n) is 1.14. The van der Waals surface area contributed by atoms with Crippen LogP contribution in [0.25, 0.3) is 0 Å². The van der Waals surface area contributed by atoms with E-state index in [0.29, 0.717) is 0 Å². The number of hydrogen-bond donors (Lipinski definition) is 0. The van der Waals surface area contributed by atoms with Crippen molar-refractivity contribution in [2.24, 2.45) is 0 Å². The molecular weight excluding hydrogens is 369 g/mol. The molecule has 1 aromatic carbocycles. The second-order valence-corrected chi connectivity index (χ2v) is 3.62. The van der Waals surface area contributed by atoms with E-state index in [1.165, 1.54) is 24.8 Å². The van der Waals surface area contributed by atoms with Crippen LogP contribution in [0.3, 0.4) is 0 Å². The van der Waals surface area contributed by atoms with Gasteiger partial charge in [0, 0.05) is 72.1 Å². The fraction of sp³-hybridized carbons (Fsp3) is 0.333. The summed E-state index contributed by atoms with van der Waals surface area (Å²) in [4.78, 5) is 0. The Morgan fingerprint density at radius 3 is 2.19 bits per heavy atom. The molecule has 0 heterocycles. The Morgan fingerprint density at radius 1 is 1.25 bits per heavy atom. The van der Waals surface area contributed by atoms with Gasteiger partial charge in [0.15, 0.2) is 8.46 Å². The second-order valence-electron chi connectivity index (χ2n) is 3.25. The van der Waals surface area contributed by atoms with Crippen LogP contribution in [-0.4, -0.2) is 6.66 Å². The molecule has 1 nitrogen and oxygen atoms in total. The monoisotopic (exact) mass is 384 g/mol. The largest absolute Gasteiger partial charge is 0.326 e. The van der Waals surface area contributed by atoms with E-state index in [2.05, 4.69) is 36.8 Å². The Kier molecular flexibility index (Phi) is 15.8. The minimum Gasteiger partial charge on any atom is -0.326 e. The van der Waals surface area contributed by atoms with Crippen molar-refractivity contribution in [1.29, 1.82) is 0 Å². The van der Waals surface area contributed by atoms with E-state index in [4.69, 9.17) is 4.57 Å². The Balaban J connectivity index is 0. The molecule has 2 rings (SSSR count). The van der Waals surface area contributed by atoms with Gasteiger partial charge in [-0.1, -0.05) is 6.07 Å². The van der Waals surface area contributed by atoms with Gasteiger partial charge in [-0.05, 0) is 0 Å². The van der Waals surface area contributed by atoms with Crippen molar-refractivity contribution in [3.05, 3.63) is 48.2 Å². The minimum atomic E-state index is 0. The number of rotatable bonds is 3. The first-order valence-electron chi connectivity index (χ1n) is 4.80. The van der Waals surface area contributed by atoms with E-state index in [1.807, 2.05) is 0 Å². The predicted octanol–water partition coefficient (Wildman–Crippen LogP) is 3.90. The summed E-state index contributed by atoms with van der Waals surface area (Å²) in [5.41, 5.74) is 1.35. The molecule has 82 valence electrons. The number of hydrogen-bond acceptors (Lipinski definition) is 1. The summed E-state index contributed by atoms with van der Waals surface area (Å²) in [6.07, 6.45) is 6.24. The molecule has 0 atom stereocenters. The van der Waals surface area contributed by atoms with Crippen LogP contribution in [0.1, 0.15) is 24.8 Å². The van der Waals surface area contributed by atoms with Crippen molar-refractivity contribution in [3.63, 3.8) is 0 Å². The van der Waals surface area contributed by atoms with Gasteiger partial charge in [-0.2, -0.15) is 17.7 Å². The average molecular weight is 384 g/mol. The van der Waals surface area contributed by atoms with E-state index in [0.717, 1.165) is 0 Å². The van der Waals surface area contributed by atoms with Crippen LogP contribution < -0.4 is 0 Å². The minimum absolute atomic E-state index is 0. The Hall–Kier alpha value is 1.40. The molecule has 1 fully saturated rings. The van der Waals surface area contributed by atoms with Crippen LogP contribution in [0.4, 0.5) is 0 Å². The van der Waals surface area contributed by atoms with Gasteiger partial charge in [0.25, 0.3) is 0 Å². The Labute approximate surface area is 151 Å². The summed E-state index contributed by atoms with van der Waals surface area (Å²) >= 11 is 0. The molecule has 1 aliphatic carbocycles. The maximum absolute atomic E-state index is 8.90. The van der Waals surface area contributed by atoms with Crippen molar-refractivity contribution in [2.45, 2.75) is 19.3 Å². The van der Waals surface area contributed by atoms with Gasteiger partial charge < -0.3 is 5.92 Å². The zero-order chi connectivity index (χ0) is 10.2. The molecule has 1 aromatic rings. The first kappa shape index (κ1) is 19.7. The molecule has 2 radical (unpaired) electrons. The van der Waals surface area contributed by atoms with Crippen LogP contribution in [-0.2, 0) is 70.0 Å². The molecule has 4 heteroatoms. The van der Waals surface area contributed by atoms with Gasteiger partial charge >= 0.3 is 0 Å². The first-order chi connectivity index (χ1) is 6.86. The van der Waals surface area contributed by atoms with Crippen LogP contribution in [0.2, 0.25) is 0 Å². The molecule has 0 unspecified atom stereocenters. The van der Waals surface area contributed by atoms with Crippen molar-refractivity contribution in [3.8, 4) is 0 Å². The average Bonchev–Trinajstić information content (AvgIpc) is 3.01. The summed E-state index contributed by atoms with van der Waals surface area (Å²) < 4.78 is 8.90. The van der Waals surface area contributed by atoms with Gasteiger partial charge in [-0.15, -0.1) is 12.1 Å². The van der Waals surface area contributed by atoms with Gasteiger partial charge in [-0.25, -0.2) is 25.7 Å². The fourth-order valence-corrected chi connectivity index (χ4v) is 1.14. The first-order valence-corrected chi connectivity index (χ1v) is 6.06. The van der Waals surface area contributed by atoms with Crippen LogP contribution in [0.15, 0.2) is 30.3 Å². The van der Waals surface area contributed by atoms with Crippen molar-refractivity contribution in [2.75, 3.05) is 6.66 Å². The maximum Gasteiger partial charge on any atom is 0.151 e. The molecule has 0 aliphatic heterocycles. The third-order valence-corrected chi connectivity index (χ3v) is 2.03. The summed E-state index contributed by atoms with van der Waals surface area (Å²) in [6.45, 7) is 1.54. The van der Waals surface area contributed by atoms with Gasteiger partial charge in [0.1, 0.15) is 0 Å². The zero-order valence-corrected chi connectivity index (χ0v) is 16.2. The van der Waals surface area contributed by atoms with Crippen molar-refractivity contribution >= 4 is 8.46 Å². The van der Waals surface area contributed by atoms with Crippen molar-refractivity contribution in [1.82, 2.24) is 0 Å². The molecule has 16 heavy (non-hydrogen) atoms. The standard InChI is InChI=1S/C11H12.CH3OP.2Y/c1-2-4-10(5-3-1)6-7-11-8-9-11;1-3-2;;/h1-6H,7-9H2;1H3;;/q-2;;;. The molecule has 0 amide bonds. The molecular formula is C12H15OPY2-2. The zero-order valence-electron chi connectivity index (χ0n) is 9.60. The second kappa shape index (κ2) is 12.8. The molecule has 0 spiro atoms. The Morgan fingerprint density at radius 2 is 1.75 bits per heavy atom.